The first-order valence-corrected chi connectivity index (χ1v) is 9.13. The van der Waals surface area contributed by atoms with Crippen LogP contribution in [0.4, 0.5) is 18.9 Å². The van der Waals surface area contributed by atoms with E-state index < -0.39 is 29.7 Å². The fraction of sp³-hybridized carbons (Fsp3) is 0.190. The summed E-state index contributed by atoms with van der Waals surface area (Å²) in [5, 5.41) is 2.29. The first-order valence-electron chi connectivity index (χ1n) is 9.13. The number of nitrogens with zero attached hydrogens (tertiary/aromatic N) is 1. The number of hydrogen-bond donors (Lipinski definition) is 2. The maximum Gasteiger partial charge on any atom is 0.416 e. The van der Waals surface area contributed by atoms with Gasteiger partial charge in [-0.15, -0.1) is 0 Å². The van der Waals surface area contributed by atoms with Gasteiger partial charge in [0, 0.05) is 17.6 Å². The van der Waals surface area contributed by atoms with Crippen LogP contribution in [0.3, 0.4) is 0 Å². The van der Waals surface area contributed by atoms with E-state index in [1.807, 2.05) is 0 Å². The van der Waals surface area contributed by atoms with E-state index in [2.05, 4.69) is 10.3 Å². The van der Waals surface area contributed by atoms with Gasteiger partial charge in [-0.25, -0.2) is 9.59 Å². The first kappa shape index (κ1) is 21.9. The fourth-order valence-electron chi connectivity index (χ4n) is 2.82. The number of aromatic amines is 1. The molecule has 0 spiro atoms. The van der Waals surface area contributed by atoms with Crippen molar-refractivity contribution >= 4 is 17.6 Å². The van der Waals surface area contributed by atoms with E-state index in [1.54, 1.807) is 25.3 Å². The number of halogens is 3. The van der Waals surface area contributed by atoms with Crippen molar-refractivity contribution in [2.45, 2.75) is 26.1 Å². The van der Waals surface area contributed by atoms with E-state index in [4.69, 9.17) is 4.74 Å². The first-order chi connectivity index (χ1) is 14.6. The number of anilines is 1. The van der Waals surface area contributed by atoms with Crippen molar-refractivity contribution in [1.82, 2.24) is 9.55 Å². The zero-order valence-corrected chi connectivity index (χ0v) is 16.5. The molecule has 162 valence electrons. The molecule has 0 aliphatic rings. The average Bonchev–Trinajstić information content (AvgIpc) is 3.05. The number of hydrogen-bond acceptors (Lipinski definition) is 4. The predicted molar refractivity (Wildman–Crippen MR) is 106 cm³/mol. The summed E-state index contributed by atoms with van der Waals surface area (Å²) in [6.45, 7) is 3.04. The van der Waals surface area contributed by atoms with E-state index in [1.165, 1.54) is 29.7 Å². The van der Waals surface area contributed by atoms with Gasteiger partial charge in [0.1, 0.15) is 0 Å². The normalized spacial score (nSPS) is 12.3. The molecule has 0 saturated heterocycles. The van der Waals surface area contributed by atoms with Crippen molar-refractivity contribution in [3.05, 3.63) is 82.0 Å². The molecule has 1 atom stereocenters. The van der Waals surface area contributed by atoms with Gasteiger partial charge in [-0.3, -0.25) is 9.36 Å². The van der Waals surface area contributed by atoms with Gasteiger partial charge < -0.3 is 15.0 Å². The molecule has 31 heavy (non-hydrogen) atoms. The monoisotopic (exact) mass is 433 g/mol. The highest BCUT2D eigenvalue weighted by atomic mass is 19.4. The summed E-state index contributed by atoms with van der Waals surface area (Å²) in [5.41, 5.74) is 0.0541. The molecule has 0 fully saturated rings. The van der Waals surface area contributed by atoms with Crippen molar-refractivity contribution in [3.8, 4) is 5.69 Å². The lowest BCUT2D eigenvalue weighted by Gasteiger charge is -2.15. The molecule has 0 radical (unpaired) electrons. The molecule has 7 nitrogen and oxygen atoms in total. The lowest BCUT2D eigenvalue weighted by molar-refractivity contribution is -0.137. The topological polar surface area (TPSA) is 93.2 Å². The number of esters is 1. The van der Waals surface area contributed by atoms with Crippen LogP contribution in [-0.4, -0.2) is 27.5 Å². The van der Waals surface area contributed by atoms with Crippen LogP contribution in [0.25, 0.3) is 5.69 Å². The highest BCUT2D eigenvalue weighted by molar-refractivity contribution is 5.97. The SMILES string of the molecule is Cc1c[nH]c(=O)n1-c1ccc(C(=O)OC(C)C(=O)Nc2cccc(C(F)(F)F)c2)cc1. The third-order valence-electron chi connectivity index (χ3n) is 4.43. The Bertz CT molecular complexity index is 1160. The Kier molecular flexibility index (Phi) is 6.00. The molecule has 3 rings (SSSR count). The van der Waals surface area contributed by atoms with Crippen LogP contribution in [0.1, 0.15) is 28.5 Å². The maximum absolute atomic E-state index is 12.8. The number of benzene rings is 2. The second-order valence-electron chi connectivity index (χ2n) is 6.73. The summed E-state index contributed by atoms with van der Waals surface area (Å²) >= 11 is 0. The van der Waals surface area contributed by atoms with E-state index >= 15 is 0 Å². The summed E-state index contributed by atoms with van der Waals surface area (Å²) in [4.78, 5) is 38.9. The Morgan fingerprint density at radius 3 is 2.39 bits per heavy atom. The Morgan fingerprint density at radius 1 is 1.13 bits per heavy atom. The Labute approximate surface area is 174 Å². The van der Waals surface area contributed by atoms with E-state index in [0.717, 1.165) is 18.2 Å². The predicted octanol–water partition coefficient (Wildman–Crippen LogP) is 3.68. The molecule has 1 aromatic heterocycles. The lowest BCUT2D eigenvalue weighted by atomic mass is 10.2. The average molecular weight is 433 g/mol. The van der Waals surface area contributed by atoms with Crippen LogP contribution in [-0.2, 0) is 15.7 Å². The molecule has 0 bridgehead atoms. The van der Waals surface area contributed by atoms with Crippen LogP contribution >= 0.6 is 0 Å². The van der Waals surface area contributed by atoms with Crippen molar-refractivity contribution in [1.29, 1.82) is 0 Å². The second kappa shape index (κ2) is 8.50. The third kappa shape index (κ3) is 5.03. The van der Waals surface area contributed by atoms with Gasteiger partial charge in [-0.1, -0.05) is 6.07 Å². The standard InChI is InChI=1S/C21H18F3N3O4/c1-12-11-25-20(30)27(12)17-8-6-14(7-9-17)19(29)31-13(2)18(28)26-16-5-3-4-15(10-16)21(22,23)24/h3-11,13H,1-2H3,(H,25,30)(H,26,28). The minimum Gasteiger partial charge on any atom is -0.449 e. The quantitative estimate of drug-likeness (QED) is 0.601. The van der Waals surface area contributed by atoms with Crippen LogP contribution in [0.5, 0.6) is 0 Å². The van der Waals surface area contributed by atoms with Crippen LogP contribution in [0.15, 0.2) is 59.5 Å². The molecule has 1 unspecified atom stereocenters. The number of carbonyl (C=O) groups is 2. The summed E-state index contributed by atoms with van der Waals surface area (Å²) in [6.07, 6.45) is -4.25. The molecule has 1 amide bonds. The number of imidazole rings is 1. The number of rotatable bonds is 5. The smallest absolute Gasteiger partial charge is 0.416 e. The molecule has 0 saturated carbocycles. The van der Waals surface area contributed by atoms with Crippen molar-refractivity contribution in [3.63, 3.8) is 0 Å². The highest BCUT2D eigenvalue weighted by Crippen LogP contribution is 2.30. The van der Waals surface area contributed by atoms with E-state index in [-0.39, 0.29) is 16.9 Å². The van der Waals surface area contributed by atoms with E-state index in [9.17, 15) is 27.6 Å². The zero-order chi connectivity index (χ0) is 22.8. The largest absolute Gasteiger partial charge is 0.449 e. The van der Waals surface area contributed by atoms with Gasteiger partial charge in [0.15, 0.2) is 6.10 Å². The number of aromatic nitrogens is 2. The minimum absolute atomic E-state index is 0.0700. The van der Waals surface area contributed by atoms with Gasteiger partial charge in [-0.2, -0.15) is 13.2 Å². The van der Waals surface area contributed by atoms with Crippen LogP contribution in [0, 0.1) is 6.92 Å². The molecule has 10 heteroatoms. The Balaban J connectivity index is 1.65. The molecule has 3 aromatic rings. The number of carbonyl (C=O) groups excluding carboxylic acids is 2. The summed E-state index contributed by atoms with van der Waals surface area (Å²) in [5.74, 6) is -1.57. The van der Waals surface area contributed by atoms with E-state index in [0.29, 0.717) is 11.4 Å². The van der Waals surface area contributed by atoms with Crippen LogP contribution in [0.2, 0.25) is 0 Å². The number of nitrogens with one attached hydrogen (secondary N) is 2. The summed E-state index contributed by atoms with van der Waals surface area (Å²) in [7, 11) is 0. The Hall–Kier alpha value is -3.82. The molecule has 2 N–H and O–H groups in total. The minimum atomic E-state index is -4.55. The third-order valence-corrected chi connectivity index (χ3v) is 4.43. The second-order valence-corrected chi connectivity index (χ2v) is 6.73. The molecule has 0 aliphatic carbocycles. The van der Waals surface area contributed by atoms with Crippen molar-refractivity contribution in [2.24, 2.45) is 0 Å². The van der Waals surface area contributed by atoms with Gasteiger partial charge in [0.25, 0.3) is 5.91 Å². The molecular formula is C21H18F3N3O4. The van der Waals surface area contributed by atoms with Gasteiger partial charge in [-0.05, 0) is 56.3 Å². The molecular weight excluding hydrogens is 415 g/mol. The molecule has 0 aliphatic heterocycles. The number of aryl methyl sites for hydroxylation is 1. The van der Waals surface area contributed by atoms with Gasteiger partial charge in [0.05, 0.1) is 16.8 Å². The summed E-state index contributed by atoms with van der Waals surface area (Å²) < 4.78 is 44.9. The molecule has 2 aromatic carbocycles. The van der Waals surface area contributed by atoms with Crippen molar-refractivity contribution in [2.75, 3.05) is 5.32 Å². The van der Waals surface area contributed by atoms with Crippen LogP contribution < -0.4 is 11.0 Å². The highest BCUT2D eigenvalue weighted by Gasteiger charge is 2.30. The fourth-order valence-corrected chi connectivity index (χ4v) is 2.82. The zero-order valence-electron chi connectivity index (χ0n) is 16.5. The van der Waals surface area contributed by atoms with Crippen molar-refractivity contribution < 1.29 is 27.5 Å². The summed E-state index contributed by atoms with van der Waals surface area (Å²) in [6, 6.07) is 10.1. The van der Waals surface area contributed by atoms with Gasteiger partial charge in [0.2, 0.25) is 0 Å². The maximum atomic E-state index is 12.8. The Morgan fingerprint density at radius 2 is 1.81 bits per heavy atom. The number of amides is 1. The van der Waals surface area contributed by atoms with Gasteiger partial charge >= 0.3 is 17.8 Å². The number of H-pyrrole nitrogens is 1. The lowest BCUT2D eigenvalue weighted by Crippen LogP contribution is -2.30. The molecule has 1 heterocycles. The number of ether oxygens (including phenoxy) is 1. The number of alkyl halides is 3.